The molecule has 0 spiro atoms. The Kier molecular flexibility index (Phi) is 4.68. The van der Waals surface area contributed by atoms with Gasteiger partial charge in [-0.3, -0.25) is 4.57 Å². The highest BCUT2D eigenvalue weighted by atomic mass is 127. The van der Waals surface area contributed by atoms with Crippen molar-refractivity contribution in [3.05, 3.63) is 31.6 Å². The Morgan fingerprint density at radius 2 is 2.12 bits per heavy atom. The topological polar surface area (TPSA) is 55.6 Å². The first-order chi connectivity index (χ1) is 8.22. The molecular formula is C10H11I2N5. The molecule has 0 atom stereocenters. The second kappa shape index (κ2) is 6.05. The van der Waals surface area contributed by atoms with Crippen LogP contribution in [0.5, 0.6) is 0 Å². The summed E-state index contributed by atoms with van der Waals surface area (Å²) in [7, 11) is 0. The van der Waals surface area contributed by atoms with Gasteiger partial charge < -0.3 is 5.32 Å². The van der Waals surface area contributed by atoms with Gasteiger partial charge in [0.25, 0.3) is 0 Å². The number of nitrogens with zero attached hydrogens (tertiary/aromatic N) is 4. The van der Waals surface area contributed by atoms with Gasteiger partial charge in [0, 0.05) is 6.54 Å². The van der Waals surface area contributed by atoms with Crippen LogP contribution in [0.15, 0.2) is 18.5 Å². The van der Waals surface area contributed by atoms with Crippen LogP contribution in [0.25, 0.3) is 5.82 Å². The average molecular weight is 455 g/mol. The van der Waals surface area contributed by atoms with Gasteiger partial charge in [0.1, 0.15) is 13.7 Å². The molecule has 2 rings (SSSR count). The normalized spacial score (nSPS) is 10.8. The van der Waals surface area contributed by atoms with Crippen molar-refractivity contribution in [2.45, 2.75) is 13.5 Å². The Labute approximate surface area is 127 Å². The molecule has 0 unspecified atom stereocenters. The molecule has 0 saturated carbocycles. The van der Waals surface area contributed by atoms with E-state index in [-0.39, 0.29) is 0 Å². The molecule has 90 valence electrons. The number of hydrogen-bond acceptors (Lipinski definition) is 4. The van der Waals surface area contributed by atoms with Crippen LogP contribution >= 0.6 is 45.2 Å². The van der Waals surface area contributed by atoms with Gasteiger partial charge in [-0.05, 0) is 63.9 Å². The first-order valence-electron chi connectivity index (χ1n) is 5.14. The highest BCUT2D eigenvalue weighted by molar-refractivity contribution is 14.1. The molecule has 0 fully saturated rings. The fourth-order valence-corrected chi connectivity index (χ4v) is 2.20. The standard InChI is InChI=1S/C10H11I2N5/c1-2-13-5-7-3-4-8(16-15-7)17-6-14-9(11)10(17)12/h3-4,6,13H,2,5H2,1H3. The molecule has 2 aromatic heterocycles. The van der Waals surface area contributed by atoms with Gasteiger partial charge in [0.15, 0.2) is 5.82 Å². The van der Waals surface area contributed by atoms with Crippen LogP contribution in [-0.4, -0.2) is 26.3 Å². The predicted octanol–water partition coefficient (Wildman–Crippen LogP) is 1.98. The molecule has 0 aromatic carbocycles. The van der Waals surface area contributed by atoms with Crippen LogP contribution in [0.3, 0.4) is 0 Å². The van der Waals surface area contributed by atoms with Crippen molar-refractivity contribution >= 4 is 45.2 Å². The fourth-order valence-electron chi connectivity index (χ4n) is 1.30. The third-order valence-electron chi connectivity index (χ3n) is 2.18. The quantitative estimate of drug-likeness (QED) is 0.718. The van der Waals surface area contributed by atoms with Crippen molar-refractivity contribution in [2.75, 3.05) is 6.54 Å². The monoisotopic (exact) mass is 455 g/mol. The smallest absolute Gasteiger partial charge is 0.161 e. The maximum absolute atomic E-state index is 4.23. The van der Waals surface area contributed by atoms with E-state index in [4.69, 9.17) is 0 Å². The fraction of sp³-hybridized carbons (Fsp3) is 0.300. The van der Waals surface area contributed by atoms with Crippen LogP contribution in [0.4, 0.5) is 0 Å². The van der Waals surface area contributed by atoms with Crippen molar-refractivity contribution in [1.82, 2.24) is 25.1 Å². The summed E-state index contributed by atoms with van der Waals surface area (Å²) in [5.41, 5.74) is 0.945. The number of halogens is 2. The summed E-state index contributed by atoms with van der Waals surface area (Å²) in [5, 5.41) is 11.6. The van der Waals surface area contributed by atoms with E-state index in [9.17, 15) is 0 Å². The summed E-state index contributed by atoms with van der Waals surface area (Å²) in [6.45, 7) is 3.75. The molecule has 0 saturated heterocycles. The number of nitrogens with one attached hydrogen (secondary N) is 1. The molecule has 0 aliphatic rings. The molecule has 7 heteroatoms. The van der Waals surface area contributed by atoms with Crippen molar-refractivity contribution < 1.29 is 0 Å². The molecule has 0 amide bonds. The lowest BCUT2D eigenvalue weighted by atomic mass is 10.4. The van der Waals surface area contributed by atoms with Crippen molar-refractivity contribution in [1.29, 1.82) is 0 Å². The molecule has 2 aromatic rings. The number of aromatic nitrogens is 4. The van der Waals surface area contributed by atoms with Crippen molar-refractivity contribution in [3.63, 3.8) is 0 Å². The van der Waals surface area contributed by atoms with Gasteiger partial charge in [0.2, 0.25) is 0 Å². The predicted molar refractivity (Wildman–Crippen MR) is 82.0 cm³/mol. The zero-order valence-electron chi connectivity index (χ0n) is 9.19. The van der Waals surface area contributed by atoms with E-state index in [0.717, 1.165) is 32.0 Å². The first kappa shape index (κ1) is 13.1. The molecule has 0 aliphatic heterocycles. The van der Waals surface area contributed by atoms with Crippen LogP contribution in [0.1, 0.15) is 12.6 Å². The van der Waals surface area contributed by atoms with Gasteiger partial charge in [-0.2, -0.15) is 5.10 Å². The molecule has 0 bridgehead atoms. The first-order valence-corrected chi connectivity index (χ1v) is 7.30. The minimum atomic E-state index is 0.752. The highest BCUT2D eigenvalue weighted by Crippen LogP contribution is 2.16. The van der Waals surface area contributed by atoms with E-state index in [0.29, 0.717) is 0 Å². The second-order valence-corrected chi connectivity index (χ2v) is 5.40. The Bertz CT molecular complexity index is 494. The summed E-state index contributed by atoms with van der Waals surface area (Å²) in [5.74, 6) is 0.796. The van der Waals surface area contributed by atoms with E-state index in [1.54, 1.807) is 6.33 Å². The largest absolute Gasteiger partial charge is 0.311 e. The van der Waals surface area contributed by atoms with E-state index < -0.39 is 0 Å². The minimum Gasteiger partial charge on any atom is -0.311 e. The lowest BCUT2D eigenvalue weighted by Gasteiger charge is -2.04. The van der Waals surface area contributed by atoms with Crippen molar-refractivity contribution in [3.8, 4) is 5.82 Å². The Balaban J connectivity index is 2.20. The van der Waals surface area contributed by atoms with Gasteiger partial charge >= 0.3 is 0 Å². The summed E-state index contributed by atoms with van der Waals surface area (Å²) < 4.78 is 3.95. The SMILES string of the molecule is CCNCc1ccc(-n2cnc(I)c2I)nn1. The van der Waals surface area contributed by atoms with E-state index in [1.165, 1.54) is 0 Å². The summed E-state index contributed by atoms with van der Waals surface area (Å²) in [4.78, 5) is 4.23. The maximum Gasteiger partial charge on any atom is 0.161 e. The number of rotatable bonds is 4. The van der Waals surface area contributed by atoms with Crippen LogP contribution in [0, 0.1) is 7.40 Å². The van der Waals surface area contributed by atoms with E-state index in [2.05, 4.69) is 72.6 Å². The van der Waals surface area contributed by atoms with E-state index >= 15 is 0 Å². The summed E-state index contributed by atoms with van der Waals surface area (Å²) in [6.07, 6.45) is 1.76. The van der Waals surface area contributed by atoms with Gasteiger partial charge in [-0.15, -0.1) is 5.10 Å². The summed E-state index contributed by atoms with van der Waals surface area (Å²) in [6, 6.07) is 3.94. The van der Waals surface area contributed by atoms with Gasteiger partial charge in [-0.1, -0.05) is 6.92 Å². The molecule has 0 radical (unpaired) electrons. The molecule has 0 aliphatic carbocycles. The number of imidazole rings is 1. The molecule has 5 nitrogen and oxygen atoms in total. The lowest BCUT2D eigenvalue weighted by Crippen LogP contribution is -2.13. The van der Waals surface area contributed by atoms with Gasteiger partial charge in [-0.25, -0.2) is 4.98 Å². The Hall–Kier alpha value is -0.290. The molecule has 17 heavy (non-hydrogen) atoms. The minimum absolute atomic E-state index is 0.752. The molecular weight excluding hydrogens is 444 g/mol. The van der Waals surface area contributed by atoms with Gasteiger partial charge in [0.05, 0.1) is 5.69 Å². The average Bonchev–Trinajstić information content (AvgIpc) is 2.68. The lowest BCUT2D eigenvalue weighted by molar-refractivity contribution is 0.695. The van der Waals surface area contributed by atoms with Crippen LogP contribution < -0.4 is 5.32 Å². The Morgan fingerprint density at radius 1 is 1.29 bits per heavy atom. The summed E-state index contributed by atoms with van der Waals surface area (Å²) >= 11 is 4.45. The van der Waals surface area contributed by atoms with Crippen molar-refractivity contribution in [2.24, 2.45) is 0 Å². The Morgan fingerprint density at radius 3 is 2.65 bits per heavy atom. The molecule has 2 heterocycles. The third kappa shape index (κ3) is 3.13. The molecule has 1 N–H and O–H groups in total. The number of hydrogen-bond donors (Lipinski definition) is 1. The highest BCUT2D eigenvalue weighted by Gasteiger charge is 2.08. The second-order valence-electron chi connectivity index (χ2n) is 3.36. The maximum atomic E-state index is 4.23. The van der Waals surface area contributed by atoms with E-state index in [1.807, 2.05) is 16.7 Å². The zero-order chi connectivity index (χ0) is 12.3. The van der Waals surface area contributed by atoms with Crippen LogP contribution in [0.2, 0.25) is 0 Å². The zero-order valence-corrected chi connectivity index (χ0v) is 13.5. The third-order valence-corrected chi connectivity index (χ3v) is 5.03. The van der Waals surface area contributed by atoms with Crippen LogP contribution in [-0.2, 0) is 6.54 Å².